The summed E-state index contributed by atoms with van der Waals surface area (Å²) in [5, 5.41) is 11.1. The van der Waals surface area contributed by atoms with Gasteiger partial charge < -0.3 is 5.32 Å². The van der Waals surface area contributed by atoms with Gasteiger partial charge in [0.25, 0.3) is 0 Å². The lowest BCUT2D eigenvalue weighted by Gasteiger charge is -2.23. The predicted molar refractivity (Wildman–Crippen MR) is 102 cm³/mol. The van der Waals surface area contributed by atoms with Crippen molar-refractivity contribution < 1.29 is 4.79 Å². The Bertz CT molecular complexity index is 756. The van der Waals surface area contributed by atoms with Crippen LogP contribution >= 0.6 is 23.1 Å². The molecule has 0 spiro atoms. The van der Waals surface area contributed by atoms with Crippen molar-refractivity contribution in [1.29, 1.82) is 0 Å². The highest BCUT2D eigenvalue weighted by Crippen LogP contribution is 2.23. The fourth-order valence-corrected chi connectivity index (χ4v) is 3.86. The molecule has 1 aliphatic heterocycles. The molecule has 3 rings (SSSR count). The third-order valence-corrected chi connectivity index (χ3v) is 5.32. The molecule has 2 atom stereocenters. The molecule has 0 saturated carbocycles. The van der Waals surface area contributed by atoms with Gasteiger partial charge in [0.15, 0.2) is 5.50 Å². The molecule has 0 aliphatic carbocycles. The summed E-state index contributed by atoms with van der Waals surface area (Å²) in [5.74, 6) is -0.0223. The van der Waals surface area contributed by atoms with Crippen LogP contribution < -0.4 is 10.7 Å². The van der Waals surface area contributed by atoms with E-state index in [1.54, 1.807) is 18.4 Å². The average molecular weight is 358 g/mol. The SMILES string of the molecule is CNC(=O)C(C)SC1N=C(c2ccccc2)C(c2ccsc2)=NN1. The van der Waals surface area contributed by atoms with Gasteiger partial charge in [-0.15, -0.1) is 0 Å². The van der Waals surface area contributed by atoms with Gasteiger partial charge in [-0.2, -0.15) is 16.4 Å². The number of rotatable bonds is 5. The molecule has 0 bridgehead atoms. The van der Waals surface area contributed by atoms with Gasteiger partial charge in [0.2, 0.25) is 5.91 Å². The maximum absolute atomic E-state index is 11.7. The second-order valence-corrected chi connectivity index (χ2v) is 7.40. The number of amides is 1. The number of thioether (sulfide) groups is 1. The number of nitrogens with zero attached hydrogens (tertiary/aromatic N) is 2. The van der Waals surface area contributed by atoms with Crippen molar-refractivity contribution in [2.45, 2.75) is 17.7 Å². The lowest BCUT2D eigenvalue weighted by atomic mass is 10.0. The van der Waals surface area contributed by atoms with E-state index in [0.717, 1.165) is 22.6 Å². The first-order valence-corrected chi connectivity index (χ1v) is 9.44. The van der Waals surface area contributed by atoms with E-state index in [2.05, 4.69) is 21.2 Å². The van der Waals surface area contributed by atoms with Crippen molar-refractivity contribution in [3.63, 3.8) is 0 Å². The van der Waals surface area contributed by atoms with Crippen LogP contribution in [0.2, 0.25) is 0 Å². The van der Waals surface area contributed by atoms with Crippen LogP contribution in [0.25, 0.3) is 0 Å². The molecule has 2 heterocycles. The van der Waals surface area contributed by atoms with Crippen LogP contribution in [0.15, 0.2) is 57.3 Å². The van der Waals surface area contributed by atoms with Crippen molar-refractivity contribution in [3.05, 3.63) is 58.3 Å². The average Bonchev–Trinajstić information content (AvgIpc) is 3.16. The first-order chi connectivity index (χ1) is 11.7. The number of carbonyl (C=O) groups excluding carboxylic acids is 1. The Morgan fingerprint density at radius 3 is 2.71 bits per heavy atom. The molecule has 0 fully saturated rings. The molecule has 2 N–H and O–H groups in total. The van der Waals surface area contributed by atoms with Gasteiger partial charge in [-0.05, 0) is 18.4 Å². The lowest BCUT2D eigenvalue weighted by molar-refractivity contribution is -0.119. The first kappa shape index (κ1) is 16.7. The zero-order valence-corrected chi connectivity index (χ0v) is 15.0. The predicted octanol–water partition coefficient (Wildman–Crippen LogP) is 2.70. The minimum absolute atomic E-state index is 0.0223. The van der Waals surface area contributed by atoms with Crippen LogP contribution in [0.5, 0.6) is 0 Å². The number of hydrogen-bond acceptors (Lipinski definition) is 6. The Hall–Kier alpha value is -2.12. The van der Waals surface area contributed by atoms with E-state index in [4.69, 9.17) is 4.99 Å². The Labute approximate surface area is 149 Å². The summed E-state index contributed by atoms with van der Waals surface area (Å²) >= 11 is 3.06. The molecular formula is C17H18N4OS2. The van der Waals surface area contributed by atoms with Crippen LogP contribution in [0, 0.1) is 0 Å². The van der Waals surface area contributed by atoms with Gasteiger partial charge >= 0.3 is 0 Å². The molecule has 1 amide bonds. The zero-order valence-electron chi connectivity index (χ0n) is 13.4. The second-order valence-electron chi connectivity index (χ2n) is 5.19. The van der Waals surface area contributed by atoms with Crippen molar-refractivity contribution >= 4 is 40.4 Å². The summed E-state index contributed by atoms with van der Waals surface area (Å²) in [5.41, 5.74) is 6.48. The highest BCUT2D eigenvalue weighted by atomic mass is 32.2. The summed E-state index contributed by atoms with van der Waals surface area (Å²) < 4.78 is 0. The van der Waals surface area contributed by atoms with Gasteiger partial charge in [0.1, 0.15) is 5.71 Å². The van der Waals surface area contributed by atoms with Crippen molar-refractivity contribution in [2.24, 2.45) is 10.1 Å². The molecule has 0 saturated heterocycles. The van der Waals surface area contributed by atoms with Crippen LogP contribution in [-0.2, 0) is 4.79 Å². The monoisotopic (exact) mass is 358 g/mol. The number of hydrazone groups is 1. The minimum atomic E-state index is -0.296. The van der Waals surface area contributed by atoms with Crippen LogP contribution in [-0.4, -0.2) is 35.1 Å². The third-order valence-electron chi connectivity index (χ3n) is 3.55. The molecule has 24 heavy (non-hydrogen) atoms. The number of carbonyl (C=O) groups is 1. The lowest BCUT2D eigenvalue weighted by Crippen LogP contribution is -2.36. The van der Waals surface area contributed by atoms with Gasteiger partial charge in [0.05, 0.1) is 11.0 Å². The topological polar surface area (TPSA) is 65.8 Å². The Morgan fingerprint density at radius 1 is 1.25 bits per heavy atom. The number of aliphatic imine (C=N–C) groups is 1. The number of thiophene rings is 1. The van der Waals surface area contributed by atoms with E-state index in [0.29, 0.717) is 0 Å². The molecule has 5 nitrogen and oxygen atoms in total. The second kappa shape index (κ2) is 7.63. The van der Waals surface area contributed by atoms with E-state index in [-0.39, 0.29) is 16.7 Å². The zero-order chi connectivity index (χ0) is 16.9. The maximum Gasteiger partial charge on any atom is 0.232 e. The van der Waals surface area contributed by atoms with Crippen LogP contribution in [0.3, 0.4) is 0 Å². The number of nitrogens with one attached hydrogen (secondary N) is 2. The van der Waals surface area contributed by atoms with Crippen molar-refractivity contribution in [3.8, 4) is 0 Å². The highest BCUT2D eigenvalue weighted by molar-refractivity contribution is 8.01. The molecule has 124 valence electrons. The quantitative estimate of drug-likeness (QED) is 0.864. The smallest absolute Gasteiger partial charge is 0.232 e. The third kappa shape index (κ3) is 3.68. The van der Waals surface area contributed by atoms with Crippen LogP contribution in [0.4, 0.5) is 0 Å². The van der Waals surface area contributed by atoms with Crippen molar-refractivity contribution in [2.75, 3.05) is 7.05 Å². The van der Waals surface area contributed by atoms with Gasteiger partial charge in [0, 0.05) is 23.6 Å². The van der Waals surface area contributed by atoms with E-state index >= 15 is 0 Å². The fraction of sp³-hybridized carbons (Fsp3) is 0.235. The van der Waals surface area contributed by atoms with Crippen molar-refractivity contribution in [1.82, 2.24) is 10.7 Å². The molecule has 2 unspecified atom stereocenters. The van der Waals surface area contributed by atoms with E-state index in [1.807, 2.05) is 48.7 Å². The molecule has 1 aromatic heterocycles. The molecule has 7 heteroatoms. The largest absolute Gasteiger partial charge is 0.358 e. The molecular weight excluding hydrogens is 340 g/mol. The summed E-state index contributed by atoms with van der Waals surface area (Å²) in [7, 11) is 1.64. The maximum atomic E-state index is 11.7. The molecule has 1 aliphatic rings. The van der Waals surface area contributed by atoms with Gasteiger partial charge in [-0.1, -0.05) is 42.1 Å². The van der Waals surface area contributed by atoms with Crippen LogP contribution in [0.1, 0.15) is 18.1 Å². The van der Waals surface area contributed by atoms with E-state index in [9.17, 15) is 4.79 Å². The molecule has 0 radical (unpaired) electrons. The number of hydrogen-bond donors (Lipinski definition) is 2. The standard InChI is InChI=1S/C17H18N4OS2/c1-11(16(22)18-2)24-17-19-14(12-6-4-3-5-7-12)15(20-21-17)13-8-9-23-10-13/h3-11,17,21H,1-2H3,(H,18,22). The summed E-state index contributed by atoms with van der Waals surface area (Å²) in [4.78, 5) is 16.6. The van der Waals surface area contributed by atoms with Gasteiger partial charge in [-0.3, -0.25) is 10.2 Å². The normalized spacial score (nSPS) is 18.2. The Morgan fingerprint density at radius 2 is 2.04 bits per heavy atom. The van der Waals surface area contributed by atoms with E-state index in [1.165, 1.54) is 11.8 Å². The Balaban J connectivity index is 1.90. The summed E-state index contributed by atoms with van der Waals surface area (Å²) in [6.07, 6.45) is 0. The summed E-state index contributed by atoms with van der Waals surface area (Å²) in [6.45, 7) is 1.86. The number of benzene rings is 1. The van der Waals surface area contributed by atoms with E-state index < -0.39 is 0 Å². The fourth-order valence-electron chi connectivity index (χ4n) is 2.31. The minimum Gasteiger partial charge on any atom is -0.358 e. The molecule has 2 aromatic rings. The summed E-state index contributed by atoms with van der Waals surface area (Å²) in [6, 6.07) is 12.0. The van der Waals surface area contributed by atoms with Gasteiger partial charge in [-0.25, -0.2) is 4.99 Å². The Kier molecular flexibility index (Phi) is 5.32. The first-order valence-electron chi connectivity index (χ1n) is 7.55. The molecule has 1 aromatic carbocycles. The highest BCUT2D eigenvalue weighted by Gasteiger charge is 2.25.